The van der Waals surface area contributed by atoms with Crippen molar-refractivity contribution >= 4 is 21.6 Å². The quantitative estimate of drug-likeness (QED) is 0.711. The topological polar surface area (TPSA) is 75.3 Å². The van der Waals surface area contributed by atoms with Crippen LogP contribution in [0.2, 0.25) is 0 Å². The van der Waals surface area contributed by atoms with Gasteiger partial charge in [-0.25, -0.2) is 8.42 Å². The van der Waals surface area contributed by atoms with Gasteiger partial charge in [-0.2, -0.15) is 0 Å². The number of hydrogen-bond donors (Lipinski definition) is 2. The van der Waals surface area contributed by atoms with Crippen LogP contribution in [0.4, 0.5) is 5.69 Å². The van der Waals surface area contributed by atoms with Crippen LogP contribution in [0, 0.1) is 13.8 Å². The molecule has 0 saturated carbocycles. The number of nitrogens with one attached hydrogen (secondary N) is 2. The Hall–Kier alpha value is -2.60. The molecule has 5 nitrogen and oxygen atoms in total. The fraction of sp³-hybridized carbons (Fsp3) is 0.318. The van der Waals surface area contributed by atoms with Gasteiger partial charge < -0.3 is 5.32 Å². The van der Waals surface area contributed by atoms with E-state index in [4.69, 9.17) is 0 Å². The molecule has 148 valence electrons. The maximum atomic E-state index is 12.8. The highest BCUT2D eigenvalue weighted by molar-refractivity contribution is 7.92. The van der Waals surface area contributed by atoms with Crippen LogP contribution in [-0.4, -0.2) is 20.9 Å². The molecule has 3 rings (SSSR count). The standard InChI is InChI=1S/C22H26N2O3S/c1-16-8-12-20(13-9-16)24-28(26,27)21-14-19(11-10-17(21)2)22(25)23-15-18-6-4-3-5-7-18/h6,8-14,24H,3-5,7,15H2,1-2H3,(H,23,25). The number of hydrogen-bond acceptors (Lipinski definition) is 3. The molecule has 0 aromatic heterocycles. The van der Waals surface area contributed by atoms with Crippen molar-refractivity contribution in [1.82, 2.24) is 5.32 Å². The van der Waals surface area contributed by atoms with Gasteiger partial charge in [-0.3, -0.25) is 9.52 Å². The van der Waals surface area contributed by atoms with Crippen LogP contribution in [-0.2, 0) is 10.0 Å². The number of sulfonamides is 1. The molecule has 0 bridgehead atoms. The summed E-state index contributed by atoms with van der Waals surface area (Å²) in [6, 6.07) is 11.9. The first-order valence-corrected chi connectivity index (χ1v) is 11.0. The Morgan fingerprint density at radius 3 is 2.46 bits per heavy atom. The molecule has 6 heteroatoms. The van der Waals surface area contributed by atoms with E-state index in [0.29, 0.717) is 23.4 Å². The molecule has 1 aliphatic rings. The van der Waals surface area contributed by atoms with Crippen molar-refractivity contribution in [3.63, 3.8) is 0 Å². The number of rotatable bonds is 6. The van der Waals surface area contributed by atoms with E-state index < -0.39 is 10.0 Å². The second kappa shape index (κ2) is 8.61. The van der Waals surface area contributed by atoms with Crippen molar-refractivity contribution in [1.29, 1.82) is 0 Å². The molecule has 2 aromatic carbocycles. The number of aryl methyl sites for hydroxylation is 2. The summed E-state index contributed by atoms with van der Waals surface area (Å²) in [4.78, 5) is 12.6. The Bertz CT molecular complexity index is 993. The van der Waals surface area contributed by atoms with Crippen LogP contribution in [0.25, 0.3) is 0 Å². The first kappa shape index (κ1) is 20.1. The maximum absolute atomic E-state index is 12.8. The first-order chi connectivity index (χ1) is 13.3. The molecule has 0 atom stereocenters. The SMILES string of the molecule is Cc1ccc(NS(=O)(=O)c2cc(C(=O)NCC3=CCCCC3)ccc2C)cc1. The van der Waals surface area contributed by atoms with E-state index >= 15 is 0 Å². The summed E-state index contributed by atoms with van der Waals surface area (Å²) in [5.74, 6) is -0.266. The van der Waals surface area contributed by atoms with Gasteiger partial charge in [0.2, 0.25) is 0 Å². The maximum Gasteiger partial charge on any atom is 0.262 e. The van der Waals surface area contributed by atoms with Crippen molar-refractivity contribution in [2.24, 2.45) is 0 Å². The number of amides is 1. The minimum absolute atomic E-state index is 0.109. The minimum atomic E-state index is -3.79. The summed E-state index contributed by atoms with van der Waals surface area (Å²) < 4.78 is 28.3. The van der Waals surface area contributed by atoms with Crippen LogP contribution >= 0.6 is 0 Å². The van der Waals surface area contributed by atoms with Gasteiger partial charge in [-0.15, -0.1) is 0 Å². The average molecular weight is 399 g/mol. The molecule has 28 heavy (non-hydrogen) atoms. The smallest absolute Gasteiger partial charge is 0.262 e. The minimum Gasteiger partial charge on any atom is -0.348 e. The lowest BCUT2D eigenvalue weighted by Gasteiger charge is -2.14. The van der Waals surface area contributed by atoms with Gasteiger partial charge >= 0.3 is 0 Å². The van der Waals surface area contributed by atoms with Crippen molar-refractivity contribution < 1.29 is 13.2 Å². The third-order valence-electron chi connectivity index (χ3n) is 4.90. The Labute approximate surface area is 166 Å². The Balaban J connectivity index is 1.77. The summed E-state index contributed by atoms with van der Waals surface area (Å²) in [6.07, 6.45) is 6.60. The fourth-order valence-corrected chi connectivity index (χ4v) is 4.55. The Morgan fingerprint density at radius 2 is 1.79 bits per heavy atom. The second-order valence-corrected chi connectivity index (χ2v) is 8.89. The molecule has 0 unspecified atom stereocenters. The van der Waals surface area contributed by atoms with Gasteiger partial charge in [0.25, 0.3) is 15.9 Å². The second-order valence-electron chi connectivity index (χ2n) is 7.24. The highest BCUT2D eigenvalue weighted by Gasteiger charge is 2.19. The fourth-order valence-electron chi connectivity index (χ4n) is 3.22. The average Bonchev–Trinajstić information content (AvgIpc) is 2.69. The van der Waals surface area contributed by atoms with E-state index in [1.54, 1.807) is 31.2 Å². The zero-order chi connectivity index (χ0) is 20.1. The van der Waals surface area contributed by atoms with E-state index in [9.17, 15) is 13.2 Å². The van der Waals surface area contributed by atoms with Gasteiger partial charge in [0.15, 0.2) is 0 Å². The summed E-state index contributed by atoms with van der Waals surface area (Å²) in [5, 5.41) is 2.90. The third-order valence-corrected chi connectivity index (χ3v) is 6.43. The Morgan fingerprint density at radius 1 is 1.04 bits per heavy atom. The predicted octanol–water partition coefficient (Wildman–Crippen LogP) is 4.33. The summed E-state index contributed by atoms with van der Waals surface area (Å²) >= 11 is 0. The molecule has 2 N–H and O–H groups in total. The van der Waals surface area contributed by atoms with E-state index in [1.807, 2.05) is 19.1 Å². The molecule has 0 radical (unpaired) electrons. The van der Waals surface area contributed by atoms with E-state index in [1.165, 1.54) is 18.1 Å². The molecule has 1 aliphatic carbocycles. The van der Waals surface area contributed by atoms with Gasteiger partial charge in [0.1, 0.15) is 0 Å². The molecule has 1 amide bonds. The zero-order valence-electron chi connectivity index (χ0n) is 16.3. The van der Waals surface area contributed by atoms with Crippen molar-refractivity contribution in [3.8, 4) is 0 Å². The number of carbonyl (C=O) groups is 1. The van der Waals surface area contributed by atoms with E-state index in [-0.39, 0.29) is 10.8 Å². The normalized spacial score (nSPS) is 14.3. The lowest BCUT2D eigenvalue weighted by Crippen LogP contribution is -2.26. The highest BCUT2D eigenvalue weighted by Crippen LogP contribution is 2.22. The number of allylic oxidation sites excluding steroid dienone is 1. The number of benzene rings is 2. The highest BCUT2D eigenvalue weighted by atomic mass is 32.2. The molecule has 2 aromatic rings. The first-order valence-electron chi connectivity index (χ1n) is 9.51. The number of carbonyl (C=O) groups excluding carboxylic acids is 1. The molecular weight excluding hydrogens is 372 g/mol. The lowest BCUT2D eigenvalue weighted by atomic mass is 9.99. The van der Waals surface area contributed by atoms with Crippen LogP contribution in [0.15, 0.2) is 59.0 Å². The van der Waals surface area contributed by atoms with Gasteiger partial charge in [0.05, 0.1) is 4.90 Å². The molecule has 0 heterocycles. The summed E-state index contributed by atoms with van der Waals surface area (Å²) in [6.45, 7) is 4.17. The zero-order valence-corrected chi connectivity index (χ0v) is 17.1. The van der Waals surface area contributed by atoms with E-state index in [2.05, 4.69) is 16.1 Å². The van der Waals surface area contributed by atoms with Crippen LogP contribution in [0.3, 0.4) is 0 Å². The summed E-state index contributed by atoms with van der Waals surface area (Å²) in [5.41, 5.74) is 3.70. The largest absolute Gasteiger partial charge is 0.348 e. The van der Waals surface area contributed by atoms with Crippen LogP contribution < -0.4 is 10.0 Å². The summed E-state index contributed by atoms with van der Waals surface area (Å²) in [7, 11) is -3.79. The predicted molar refractivity (Wildman–Crippen MR) is 112 cm³/mol. The molecule has 0 spiro atoms. The van der Waals surface area contributed by atoms with Crippen molar-refractivity contribution in [3.05, 3.63) is 70.8 Å². The van der Waals surface area contributed by atoms with Gasteiger partial charge in [0, 0.05) is 17.8 Å². The molecule has 0 aliphatic heterocycles. The van der Waals surface area contributed by atoms with Crippen LogP contribution in [0.1, 0.15) is 47.2 Å². The van der Waals surface area contributed by atoms with Crippen molar-refractivity contribution in [2.75, 3.05) is 11.3 Å². The lowest BCUT2D eigenvalue weighted by molar-refractivity contribution is 0.0956. The monoisotopic (exact) mass is 398 g/mol. The third kappa shape index (κ3) is 5.01. The van der Waals surface area contributed by atoms with E-state index in [0.717, 1.165) is 24.8 Å². The van der Waals surface area contributed by atoms with Crippen LogP contribution in [0.5, 0.6) is 0 Å². The van der Waals surface area contributed by atoms with Gasteiger partial charge in [-0.1, -0.05) is 35.4 Å². The molecular formula is C22H26N2O3S. The van der Waals surface area contributed by atoms with Gasteiger partial charge in [-0.05, 0) is 69.4 Å². The molecule has 0 fully saturated rings. The molecule has 0 saturated heterocycles. The number of anilines is 1. The van der Waals surface area contributed by atoms with Crippen molar-refractivity contribution in [2.45, 2.75) is 44.4 Å². The Kier molecular flexibility index (Phi) is 6.19.